The number of hydrogen-bond donors (Lipinski definition) is 1. The normalized spacial score (nSPS) is 16.4. The maximum Gasteiger partial charge on any atom is 0.416 e. The number of benzene rings is 2. The Balaban J connectivity index is 1.30. The lowest BCUT2D eigenvalue weighted by atomic mass is 10.1. The first kappa shape index (κ1) is 19.7. The minimum absolute atomic E-state index is 0.602. The van der Waals surface area contributed by atoms with Gasteiger partial charge in [0.2, 0.25) is 0 Å². The smallest absolute Gasteiger partial charge is 0.416 e. The highest BCUT2D eigenvalue weighted by Gasteiger charge is 2.30. The number of nitrogens with zero attached hydrogens (tertiary/aromatic N) is 3. The average Bonchev–Trinajstić information content (AvgIpc) is 3.10. The molecule has 0 saturated carbocycles. The molecular formula is C21H23F3N4O. The number of alkyl halides is 3. The van der Waals surface area contributed by atoms with Crippen molar-refractivity contribution in [1.82, 2.24) is 19.8 Å². The molecule has 1 N–H and O–H groups in total. The molecule has 0 amide bonds. The van der Waals surface area contributed by atoms with Gasteiger partial charge < -0.3 is 9.72 Å². The van der Waals surface area contributed by atoms with Crippen molar-refractivity contribution in [1.29, 1.82) is 0 Å². The van der Waals surface area contributed by atoms with E-state index in [1.807, 2.05) is 18.2 Å². The number of nitrogens with one attached hydrogen (secondary N) is 1. The van der Waals surface area contributed by atoms with Gasteiger partial charge >= 0.3 is 6.18 Å². The van der Waals surface area contributed by atoms with Gasteiger partial charge in [0.15, 0.2) is 0 Å². The Labute approximate surface area is 167 Å². The lowest BCUT2D eigenvalue weighted by Crippen LogP contribution is -2.45. The first-order valence-corrected chi connectivity index (χ1v) is 9.54. The van der Waals surface area contributed by atoms with Crippen LogP contribution in [0.2, 0.25) is 0 Å². The first-order chi connectivity index (χ1) is 13.9. The molecule has 2 aromatic carbocycles. The van der Waals surface area contributed by atoms with Crippen LogP contribution in [0.5, 0.6) is 5.75 Å². The van der Waals surface area contributed by atoms with Crippen LogP contribution in [0, 0.1) is 0 Å². The predicted octanol–water partition coefficient (Wildman–Crippen LogP) is 3.91. The summed E-state index contributed by atoms with van der Waals surface area (Å²) < 4.78 is 43.3. The molecular weight excluding hydrogens is 381 g/mol. The average molecular weight is 404 g/mol. The van der Waals surface area contributed by atoms with Crippen LogP contribution in [0.15, 0.2) is 42.5 Å². The van der Waals surface area contributed by atoms with Crippen molar-refractivity contribution >= 4 is 11.0 Å². The van der Waals surface area contributed by atoms with E-state index >= 15 is 0 Å². The van der Waals surface area contributed by atoms with E-state index in [-0.39, 0.29) is 0 Å². The minimum Gasteiger partial charge on any atom is -0.497 e. The van der Waals surface area contributed by atoms with Crippen molar-refractivity contribution in [2.75, 3.05) is 33.3 Å². The van der Waals surface area contributed by atoms with E-state index in [0.29, 0.717) is 6.54 Å². The highest BCUT2D eigenvalue weighted by atomic mass is 19.4. The molecule has 1 aliphatic heterocycles. The third-order valence-electron chi connectivity index (χ3n) is 5.26. The van der Waals surface area contributed by atoms with Gasteiger partial charge in [-0.1, -0.05) is 12.1 Å². The summed E-state index contributed by atoms with van der Waals surface area (Å²) in [6, 6.07) is 11.2. The number of aromatic nitrogens is 2. The van der Waals surface area contributed by atoms with Gasteiger partial charge in [0.25, 0.3) is 0 Å². The van der Waals surface area contributed by atoms with Gasteiger partial charge in [0.1, 0.15) is 11.6 Å². The molecule has 29 heavy (non-hydrogen) atoms. The number of imidazole rings is 1. The third-order valence-corrected chi connectivity index (χ3v) is 5.26. The zero-order valence-corrected chi connectivity index (χ0v) is 16.2. The lowest BCUT2D eigenvalue weighted by Gasteiger charge is -2.34. The van der Waals surface area contributed by atoms with Gasteiger partial charge in [-0.2, -0.15) is 13.2 Å². The fourth-order valence-electron chi connectivity index (χ4n) is 3.62. The summed E-state index contributed by atoms with van der Waals surface area (Å²) in [6.45, 7) is 4.92. The molecule has 3 aromatic rings. The largest absolute Gasteiger partial charge is 0.497 e. The van der Waals surface area contributed by atoms with Crippen molar-refractivity contribution in [3.05, 3.63) is 59.4 Å². The van der Waals surface area contributed by atoms with Crippen LogP contribution in [0.4, 0.5) is 13.2 Å². The van der Waals surface area contributed by atoms with Crippen LogP contribution in [0.3, 0.4) is 0 Å². The van der Waals surface area contributed by atoms with Gasteiger partial charge in [-0.25, -0.2) is 4.98 Å². The summed E-state index contributed by atoms with van der Waals surface area (Å²) in [5, 5.41) is 0. The molecule has 0 spiro atoms. The molecule has 154 valence electrons. The van der Waals surface area contributed by atoms with E-state index in [1.54, 1.807) is 19.2 Å². The molecule has 0 unspecified atom stereocenters. The first-order valence-electron chi connectivity index (χ1n) is 9.54. The molecule has 2 heterocycles. The molecule has 1 aromatic heterocycles. The summed E-state index contributed by atoms with van der Waals surface area (Å²) in [7, 11) is 1.64. The topological polar surface area (TPSA) is 44.4 Å². The molecule has 5 nitrogen and oxygen atoms in total. The number of hydrogen-bond acceptors (Lipinski definition) is 4. The zero-order valence-electron chi connectivity index (χ0n) is 16.2. The van der Waals surface area contributed by atoms with Crippen LogP contribution in [0.25, 0.3) is 11.0 Å². The van der Waals surface area contributed by atoms with Crippen molar-refractivity contribution < 1.29 is 17.9 Å². The molecule has 1 aliphatic rings. The summed E-state index contributed by atoms with van der Waals surface area (Å²) >= 11 is 0. The molecule has 4 rings (SSSR count). The van der Waals surface area contributed by atoms with Crippen LogP contribution in [0.1, 0.15) is 17.0 Å². The van der Waals surface area contributed by atoms with Crippen molar-refractivity contribution in [2.45, 2.75) is 19.3 Å². The SMILES string of the molecule is COc1ccc2nc(CN3CCN(Cc4ccc(C(F)(F)F)cc4)CC3)[nH]c2c1. The molecule has 0 bridgehead atoms. The number of methoxy groups -OCH3 is 1. The highest BCUT2D eigenvalue weighted by molar-refractivity contribution is 5.76. The Morgan fingerprint density at radius 3 is 2.24 bits per heavy atom. The Morgan fingerprint density at radius 2 is 1.62 bits per heavy atom. The number of piperazine rings is 1. The Hall–Kier alpha value is -2.58. The summed E-state index contributed by atoms with van der Waals surface area (Å²) in [5.41, 5.74) is 2.18. The number of ether oxygens (including phenoxy) is 1. The van der Waals surface area contributed by atoms with E-state index in [1.165, 1.54) is 0 Å². The van der Waals surface area contributed by atoms with E-state index in [9.17, 15) is 13.2 Å². The van der Waals surface area contributed by atoms with Crippen LogP contribution >= 0.6 is 0 Å². The molecule has 1 fully saturated rings. The van der Waals surface area contributed by atoms with Crippen LogP contribution < -0.4 is 4.74 Å². The summed E-state index contributed by atoms with van der Waals surface area (Å²) in [4.78, 5) is 12.6. The highest BCUT2D eigenvalue weighted by Crippen LogP contribution is 2.29. The summed E-state index contributed by atoms with van der Waals surface area (Å²) in [6.07, 6.45) is -4.29. The standard InChI is InChI=1S/C21H23F3N4O/c1-29-17-6-7-18-19(12-17)26-20(25-18)14-28-10-8-27(9-11-28)13-15-2-4-16(5-3-15)21(22,23)24/h2-7,12H,8-11,13-14H2,1H3,(H,25,26). The second-order valence-corrected chi connectivity index (χ2v) is 7.31. The van der Waals surface area contributed by atoms with Gasteiger partial charge in [0.05, 0.1) is 30.3 Å². The minimum atomic E-state index is -4.29. The Morgan fingerprint density at radius 1 is 0.966 bits per heavy atom. The molecule has 0 radical (unpaired) electrons. The van der Waals surface area contributed by atoms with Gasteiger partial charge in [0, 0.05) is 38.8 Å². The lowest BCUT2D eigenvalue weighted by molar-refractivity contribution is -0.137. The number of halogens is 3. The molecule has 1 saturated heterocycles. The fourth-order valence-corrected chi connectivity index (χ4v) is 3.62. The predicted molar refractivity (Wildman–Crippen MR) is 105 cm³/mol. The fraction of sp³-hybridized carbons (Fsp3) is 0.381. The third kappa shape index (κ3) is 4.71. The van der Waals surface area contributed by atoms with Gasteiger partial charge in [-0.05, 0) is 29.8 Å². The number of aromatic amines is 1. The van der Waals surface area contributed by atoms with Gasteiger partial charge in [-0.3, -0.25) is 9.80 Å². The van der Waals surface area contributed by atoms with Crippen molar-refractivity contribution in [2.24, 2.45) is 0 Å². The molecule has 0 atom stereocenters. The van der Waals surface area contributed by atoms with Crippen LogP contribution in [-0.2, 0) is 19.3 Å². The second-order valence-electron chi connectivity index (χ2n) is 7.31. The Kier molecular flexibility index (Phi) is 5.47. The summed E-state index contributed by atoms with van der Waals surface area (Å²) in [5.74, 6) is 1.72. The monoisotopic (exact) mass is 404 g/mol. The maximum absolute atomic E-state index is 12.7. The van der Waals surface area contributed by atoms with Crippen molar-refractivity contribution in [3.8, 4) is 5.75 Å². The van der Waals surface area contributed by atoms with E-state index in [4.69, 9.17) is 4.74 Å². The molecule has 0 aliphatic carbocycles. The quantitative estimate of drug-likeness (QED) is 0.700. The van der Waals surface area contributed by atoms with E-state index in [2.05, 4.69) is 19.8 Å². The van der Waals surface area contributed by atoms with Crippen LogP contribution in [-0.4, -0.2) is 53.1 Å². The Bertz CT molecular complexity index is 960. The zero-order chi connectivity index (χ0) is 20.4. The number of rotatable bonds is 5. The number of fused-ring (bicyclic) bond motifs is 1. The number of H-pyrrole nitrogens is 1. The maximum atomic E-state index is 12.7. The van der Waals surface area contributed by atoms with E-state index < -0.39 is 11.7 Å². The van der Waals surface area contributed by atoms with E-state index in [0.717, 1.165) is 73.0 Å². The van der Waals surface area contributed by atoms with Crippen molar-refractivity contribution in [3.63, 3.8) is 0 Å². The molecule has 8 heteroatoms. The second kappa shape index (κ2) is 8.04. The van der Waals surface area contributed by atoms with Gasteiger partial charge in [-0.15, -0.1) is 0 Å².